The van der Waals surface area contributed by atoms with E-state index in [9.17, 15) is 9.59 Å². The van der Waals surface area contributed by atoms with E-state index in [0.717, 1.165) is 11.3 Å². The van der Waals surface area contributed by atoms with Gasteiger partial charge >= 0.3 is 0 Å². The molecule has 1 fully saturated rings. The van der Waals surface area contributed by atoms with Crippen molar-refractivity contribution in [1.82, 2.24) is 5.32 Å². The molecule has 136 valence electrons. The van der Waals surface area contributed by atoms with Gasteiger partial charge in [0, 0.05) is 24.2 Å². The van der Waals surface area contributed by atoms with Crippen LogP contribution in [0.1, 0.15) is 48.7 Å². The predicted molar refractivity (Wildman–Crippen MR) is 105 cm³/mol. The zero-order chi connectivity index (χ0) is 18.9. The molecule has 2 aromatic rings. The lowest BCUT2D eigenvalue weighted by Gasteiger charge is -2.19. The quantitative estimate of drug-likeness (QED) is 0.915. The van der Waals surface area contributed by atoms with E-state index in [0.29, 0.717) is 18.5 Å². The van der Waals surface area contributed by atoms with E-state index >= 15 is 0 Å². The van der Waals surface area contributed by atoms with Crippen molar-refractivity contribution in [1.29, 1.82) is 0 Å². The average Bonchev–Trinajstić information content (AvgIpc) is 2.95. The molecular formula is C22H26N2O2. The number of carbonyl (C=O) groups excluding carboxylic acids is 2. The molecule has 0 unspecified atom stereocenters. The Hall–Kier alpha value is -2.62. The largest absolute Gasteiger partial charge is 0.347 e. The highest BCUT2D eigenvalue weighted by atomic mass is 16.2. The van der Waals surface area contributed by atoms with Crippen molar-refractivity contribution in [3.63, 3.8) is 0 Å². The minimum Gasteiger partial charge on any atom is -0.347 e. The van der Waals surface area contributed by atoms with Crippen molar-refractivity contribution in [2.45, 2.75) is 45.6 Å². The molecule has 4 heteroatoms. The van der Waals surface area contributed by atoms with Crippen LogP contribution in [0.5, 0.6) is 0 Å². The Morgan fingerprint density at radius 1 is 1.04 bits per heavy atom. The standard InChI is InChI=1S/C22H26N2O2/c1-15-5-11-19(12-6-15)24-14-18(13-20(24)25)23-21(26)16-7-9-17(10-8-16)22(2,3)4/h5-12,18H,13-14H2,1-4H3,(H,23,26)/t18-/m1/s1. The summed E-state index contributed by atoms with van der Waals surface area (Å²) in [6.45, 7) is 8.96. The molecule has 4 nitrogen and oxygen atoms in total. The van der Waals surface area contributed by atoms with Crippen LogP contribution in [0.2, 0.25) is 0 Å². The summed E-state index contributed by atoms with van der Waals surface area (Å²) in [6, 6.07) is 15.4. The summed E-state index contributed by atoms with van der Waals surface area (Å²) in [5.74, 6) is -0.0868. The van der Waals surface area contributed by atoms with Gasteiger partial charge in [-0.05, 0) is 42.2 Å². The van der Waals surface area contributed by atoms with Gasteiger partial charge in [0.2, 0.25) is 5.91 Å². The summed E-state index contributed by atoms with van der Waals surface area (Å²) >= 11 is 0. The van der Waals surface area contributed by atoms with Crippen LogP contribution in [-0.4, -0.2) is 24.4 Å². The smallest absolute Gasteiger partial charge is 0.251 e. The van der Waals surface area contributed by atoms with E-state index in [-0.39, 0.29) is 23.3 Å². The summed E-state index contributed by atoms with van der Waals surface area (Å²) in [4.78, 5) is 26.6. The number of nitrogens with one attached hydrogen (secondary N) is 1. The molecule has 0 bridgehead atoms. The highest BCUT2D eigenvalue weighted by molar-refractivity contribution is 5.99. The van der Waals surface area contributed by atoms with Gasteiger partial charge in [0.15, 0.2) is 0 Å². The maximum atomic E-state index is 12.5. The zero-order valence-corrected chi connectivity index (χ0v) is 15.9. The van der Waals surface area contributed by atoms with Crippen LogP contribution < -0.4 is 10.2 Å². The number of nitrogens with zero attached hydrogens (tertiary/aromatic N) is 1. The van der Waals surface area contributed by atoms with Crippen molar-refractivity contribution >= 4 is 17.5 Å². The molecule has 0 aliphatic carbocycles. The molecule has 0 aromatic heterocycles. The summed E-state index contributed by atoms with van der Waals surface area (Å²) in [6.07, 6.45) is 0.333. The third-order valence-corrected chi connectivity index (χ3v) is 4.82. The molecule has 2 amide bonds. The van der Waals surface area contributed by atoms with Gasteiger partial charge in [-0.3, -0.25) is 9.59 Å². The number of amides is 2. The third-order valence-electron chi connectivity index (χ3n) is 4.82. The van der Waals surface area contributed by atoms with E-state index in [1.807, 2.05) is 55.5 Å². The van der Waals surface area contributed by atoms with E-state index in [1.165, 1.54) is 5.56 Å². The Kier molecular flexibility index (Phi) is 4.86. The maximum Gasteiger partial charge on any atom is 0.251 e. The molecule has 0 radical (unpaired) electrons. The lowest BCUT2D eigenvalue weighted by molar-refractivity contribution is -0.117. The first-order valence-electron chi connectivity index (χ1n) is 9.02. The molecule has 1 aliphatic rings. The topological polar surface area (TPSA) is 49.4 Å². The third kappa shape index (κ3) is 3.96. The van der Waals surface area contributed by atoms with Crippen molar-refractivity contribution in [2.24, 2.45) is 0 Å². The highest BCUT2D eigenvalue weighted by Gasteiger charge is 2.31. The van der Waals surface area contributed by atoms with Crippen LogP contribution in [0.25, 0.3) is 0 Å². The molecule has 1 heterocycles. The molecule has 1 N–H and O–H groups in total. The second-order valence-corrected chi connectivity index (χ2v) is 8.04. The van der Waals surface area contributed by atoms with E-state index in [2.05, 4.69) is 26.1 Å². The minimum absolute atomic E-state index is 0.0437. The molecule has 1 saturated heterocycles. The lowest BCUT2D eigenvalue weighted by atomic mass is 9.86. The van der Waals surface area contributed by atoms with Gasteiger partial charge < -0.3 is 10.2 Å². The molecule has 0 spiro atoms. The van der Waals surface area contributed by atoms with E-state index < -0.39 is 0 Å². The van der Waals surface area contributed by atoms with Crippen LogP contribution >= 0.6 is 0 Å². The number of carbonyl (C=O) groups is 2. The highest BCUT2D eigenvalue weighted by Crippen LogP contribution is 2.24. The summed E-state index contributed by atoms with van der Waals surface area (Å²) in [5.41, 5.74) is 3.91. The van der Waals surface area contributed by atoms with Gasteiger partial charge in [0.1, 0.15) is 0 Å². The Balaban J connectivity index is 1.65. The van der Waals surface area contributed by atoms with Crippen LogP contribution in [0.15, 0.2) is 48.5 Å². The van der Waals surface area contributed by atoms with Gasteiger partial charge in [0.05, 0.1) is 6.04 Å². The minimum atomic E-state index is -0.168. The average molecular weight is 350 g/mol. The second kappa shape index (κ2) is 6.94. The Bertz CT molecular complexity index is 802. The molecule has 26 heavy (non-hydrogen) atoms. The zero-order valence-electron chi connectivity index (χ0n) is 15.9. The van der Waals surface area contributed by atoms with Crippen molar-refractivity contribution < 1.29 is 9.59 Å². The van der Waals surface area contributed by atoms with Crippen LogP contribution in [-0.2, 0) is 10.2 Å². The van der Waals surface area contributed by atoms with Gasteiger partial charge in [-0.1, -0.05) is 50.6 Å². The second-order valence-electron chi connectivity index (χ2n) is 8.04. The number of aryl methyl sites for hydroxylation is 1. The van der Waals surface area contributed by atoms with E-state index in [4.69, 9.17) is 0 Å². The Morgan fingerprint density at radius 3 is 2.23 bits per heavy atom. The number of hydrogen-bond acceptors (Lipinski definition) is 2. The first-order valence-corrected chi connectivity index (χ1v) is 9.02. The van der Waals surface area contributed by atoms with Gasteiger partial charge in [-0.2, -0.15) is 0 Å². The lowest BCUT2D eigenvalue weighted by Crippen LogP contribution is -2.37. The Labute approximate surface area is 155 Å². The first kappa shape index (κ1) is 18.2. The fourth-order valence-electron chi connectivity index (χ4n) is 3.17. The first-order chi connectivity index (χ1) is 12.2. The Morgan fingerprint density at radius 2 is 1.65 bits per heavy atom. The van der Waals surface area contributed by atoms with Crippen molar-refractivity contribution in [3.8, 4) is 0 Å². The number of hydrogen-bond donors (Lipinski definition) is 1. The van der Waals surface area contributed by atoms with Gasteiger partial charge in [-0.15, -0.1) is 0 Å². The van der Waals surface area contributed by atoms with Crippen LogP contribution in [0.4, 0.5) is 5.69 Å². The predicted octanol–water partition coefficient (Wildman–Crippen LogP) is 3.83. The molecule has 3 rings (SSSR count). The molecule has 2 aromatic carbocycles. The van der Waals surface area contributed by atoms with Gasteiger partial charge in [0.25, 0.3) is 5.91 Å². The number of benzene rings is 2. The summed E-state index contributed by atoms with van der Waals surface area (Å²) in [5, 5.41) is 2.99. The van der Waals surface area contributed by atoms with E-state index in [1.54, 1.807) is 4.90 Å². The fourth-order valence-corrected chi connectivity index (χ4v) is 3.17. The molecular weight excluding hydrogens is 324 g/mol. The monoisotopic (exact) mass is 350 g/mol. The number of rotatable bonds is 3. The summed E-state index contributed by atoms with van der Waals surface area (Å²) < 4.78 is 0. The van der Waals surface area contributed by atoms with Crippen molar-refractivity contribution in [2.75, 3.05) is 11.4 Å². The van der Waals surface area contributed by atoms with Gasteiger partial charge in [-0.25, -0.2) is 0 Å². The maximum absolute atomic E-state index is 12.5. The van der Waals surface area contributed by atoms with Crippen LogP contribution in [0, 0.1) is 6.92 Å². The molecule has 1 aliphatic heterocycles. The molecule has 1 atom stereocenters. The van der Waals surface area contributed by atoms with Crippen LogP contribution in [0.3, 0.4) is 0 Å². The molecule has 0 saturated carbocycles. The summed E-state index contributed by atoms with van der Waals surface area (Å²) in [7, 11) is 0. The normalized spacial score (nSPS) is 17.5. The van der Waals surface area contributed by atoms with Crippen molar-refractivity contribution in [3.05, 3.63) is 65.2 Å². The fraction of sp³-hybridized carbons (Fsp3) is 0.364. The number of anilines is 1. The SMILES string of the molecule is Cc1ccc(N2C[C@H](NC(=O)c3ccc(C(C)(C)C)cc3)CC2=O)cc1.